The van der Waals surface area contributed by atoms with Crippen LogP contribution in [0, 0.1) is 5.41 Å². The molecule has 0 atom stereocenters. The minimum atomic E-state index is -1.76. The molecular weight excluding hydrogens is 556 g/mol. The maximum Gasteiger partial charge on any atom is 0.127 e. The maximum absolute atomic E-state index is 13.2. The highest BCUT2D eigenvalue weighted by Gasteiger charge is 2.53. The van der Waals surface area contributed by atoms with Gasteiger partial charge < -0.3 is 20.4 Å². The van der Waals surface area contributed by atoms with Crippen LogP contribution in [0.5, 0.6) is 0 Å². The van der Waals surface area contributed by atoms with E-state index >= 15 is 0 Å². The fourth-order valence-electron chi connectivity index (χ4n) is 6.93. The van der Waals surface area contributed by atoms with Crippen molar-refractivity contribution < 1.29 is 20.4 Å². The van der Waals surface area contributed by atoms with Gasteiger partial charge in [-0.3, -0.25) is 0 Å². The van der Waals surface area contributed by atoms with E-state index in [1.165, 1.54) is 62.5 Å². The summed E-state index contributed by atoms with van der Waals surface area (Å²) in [5.74, 6) is 0. The number of aliphatic hydroxyl groups is 4. The summed E-state index contributed by atoms with van der Waals surface area (Å²) in [7, 11) is 0. The molecule has 0 aliphatic carbocycles. The number of aliphatic hydroxyl groups excluding tert-OH is 3. The van der Waals surface area contributed by atoms with Crippen LogP contribution in [-0.4, -0.2) is 40.2 Å². The van der Waals surface area contributed by atoms with Crippen LogP contribution in [0.2, 0.25) is 0 Å². The van der Waals surface area contributed by atoms with Gasteiger partial charge >= 0.3 is 0 Å². The molecule has 0 saturated heterocycles. The highest BCUT2D eigenvalue weighted by atomic mass is 16.3. The summed E-state index contributed by atoms with van der Waals surface area (Å²) in [5, 5.41) is 45.8. The van der Waals surface area contributed by atoms with Crippen LogP contribution in [0.4, 0.5) is 0 Å². The van der Waals surface area contributed by atoms with Crippen LogP contribution in [0.3, 0.4) is 0 Å². The van der Waals surface area contributed by atoms with Crippen LogP contribution >= 0.6 is 0 Å². The lowest BCUT2D eigenvalue weighted by atomic mass is 9.63. The third-order valence-electron chi connectivity index (χ3n) is 10.0. The van der Waals surface area contributed by atoms with E-state index in [-0.39, 0.29) is 0 Å². The Morgan fingerprint density at radius 1 is 0.444 bits per heavy atom. The van der Waals surface area contributed by atoms with Crippen LogP contribution < -0.4 is 0 Å². The number of aryl methyl sites for hydroxylation is 4. The third-order valence-corrected chi connectivity index (χ3v) is 10.0. The van der Waals surface area contributed by atoms with Gasteiger partial charge in [-0.1, -0.05) is 141 Å². The van der Waals surface area contributed by atoms with Crippen molar-refractivity contribution in [2.75, 3.05) is 19.8 Å². The molecule has 256 valence electrons. The average Bonchev–Trinajstić information content (AvgIpc) is 3.06. The van der Waals surface area contributed by atoms with Gasteiger partial charge in [0.2, 0.25) is 0 Å². The molecule has 4 heteroatoms. The lowest BCUT2D eigenvalue weighted by Gasteiger charge is -2.47. The van der Waals surface area contributed by atoms with Gasteiger partial charge in [-0.2, -0.15) is 0 Å². The van der Waals surface area contributed by atoms with Gasteiger partial charge in [0.1, 0.15) is 5.60 Å². The van der Waals surface area contributed by atoms with Gasteiger partial charge in [0.25, 0.3) is 0 Å². The first kappa shape index (κ1) is 39.5. The zero-order chi connectivity index (χ0) is 33.0. The Morgan fingerprint density at radius 3 is 1.09 bits per heavy atom. The largest absolute Gasteiger partial charge is 0.395 e. The molecule has 0 unspecified atom stereocenters. The average molecular weight is 625 g/mol. The Morgan fingerprint density at radius 2 is 0.778 bits per heavy atom. The molecule has 0 aliphatic rings. The molecule has 0 spiro atoms. The quantitative estimate of drug-likeness (QED) is 0.0786. The molecule has 4 nitrogen and oxygen atoms in total. The maximum atomic E-state index is 13.2. The molecule has 0 amide bonds. The second-order valence-corrected chi connectivity index (χ2v) is 13.7. The zero-order valence-electron chi connectivity index (χ0n) is 29.5. The summed E-state index contributed by atoms with van der Waals surface area (Å²) in [4.78, 5) is 0. The molecule has 4 N–H and O–H groups in total. The highest BCUT2D eigenvalue weighted by molar-refractivity contribution is 5.49. The van der Waals surface area contributed by atoms with Crippen LogP contribution in [0.1, 0.15) is 164 Å². The number of unbranched alkanes of at least 4 members (excludes halogenated alkanes) is 12. The molecular formula is C41H68O4. The van der Waals surface area contributed by atoms with Gasteiger partial charge in [-0.15, -0.1) is 0 Å². The van der Waals surface area contributed by atoms with E-state index in [0.29, 0.717) is 0 Å². The highest BCUT2D eigenvalue weighted by Crippen LogP contribution is 2.48. The predicted molar refractivity (Wildman–Crippen MR) is 191 cm³/mol. The molecule has 0 saturated carbocycles. The SMILES string of the molecule is CCCCCCc1ccc(C(O)(c2ccc(CCCCCC)cc2CCCCCC)C(CO)(CO)CO)c(CCCCCC)c1. The third kappa shape index (κ3) is 11.2. The summed E-state index contributed by atoms with van der Waals surface area (Å²) >= 11 is 0. The summed E-state index contributed by atoms with van der Waals surface area (Å²) in [6, 6.07) is 12.9. The Kier molecular flexibility index (Phi) is 19.3. The Labute approximate surface area is 276 Å². The van der Waals surface area contributed by atoms with E-state index in [2.05, 4.69) is 52.0 Å². The van der Waals surface area contributed by atoms with E-state index in [1.54, 1.807) is 0 Å². The minimum Gasteiger partial charge on any atom is -0.395 e. The second kappa shape index (κ2) is 22.0. The lowest BCUT2D eigenvalue weighted by molar-refractivity contribution is -0.136. The van der Waals surface area contributed by atoms with Crippen molar-refractivity contribution in [3.05, 3.63) is 69.8 Å². The lowest BCUT2D eigenvalue weighted by Crippen LogP contribution is -2.55. The van der Waals surface area contributed by atoms with Crippen molar-refractivity contribution in [1.82, 2.24) is 0 Å². The first-order valence-corrected chi connectivity index (χ1v) is 18.7. The van der Waals surface area contributed by atoms with E-state index in [0.717, 1.165) is 99.3 Å². The molecule has 2 aromatic carbocycles. The van der Waals surface area contributed by atoms with Crippen molar-refractivity contribution >= 4 is 0 Å². The fourth-order valence-corrected chi connectivity index (χ4v) is 6.93. The van der Waals surface area contributed by atoms with Crippen molar-refractivity contribution in [2.24, 2.45) is 5.41 Å². The summed E-state index contributed by atoms with van der Waals surface area (Å²) < 4.78 is 0. The Bertz CT molecular complexity index is 978. The van der Waals surface area contributed by atoms with Gasteiger partial charge in [-0.25, -0.2) is 0 Å². The zero-order valence-corrected chi connectivity index (χ0v) is 29.5. The fraction of sp³-hybridized carbons (Fsp3) is 0.707. The smallest absolute Gasteiger partial charge is 0.127 e. The topological polar surface area (TPSA) is 80.9 Å². The van der Waals surface area contributed by atoms with E-state index in [1.807, 2.05) is 12.1 Å². The number of hydrogen-bond donors (Lipinski definition) is 4. The molecule has 0 aromatic heterocycles. The van der Waals surface area contributed by atoms with E-state index < -0.39 is 30.8 Å². The number of hydrogen-bond acceptors (Lipinski definition) is 4. The van der Waals surface area contributed by atoms with Crippen molar-refractivity contribution in [2.45, 2.75) is 162 Å². The normalized spacial score (nSPS) is 12.3. The summed E-state index contributed by atoms with van der Waals surface area (Å²) in [6.07, 6.45) is 22.2. The second-order valence-electron chi connectivity index (χ2n) is 13.7. The van der Waals surface area contributed by atoms with Crippen LogP contribution in [0.25, 0.3) is 0 Å². The Balaban J connectivity index is 2.74. The molecule has 2 aromatic rings. The molecule has 0 bridgehead atoms. The van der Waals surface area contributed by atoms with Crippen LogP contribution in [-0.2, 0) is 31.3 Å². The summed E-state index contributed by atoms with van der Waals surface area (Å²) in [6.45, 7) is 7.31. The first-order chi connectivity index (χ1) is 21.9. The predicted octanol–water partition coefficient (Wildman–Crippen LogP) is 9.38. The van der Waals surface area contributed by atoms with E-state index in [9.17, 15) is 20.4 Å². The molecule has 45 heavy (non-hydrogen) atoms. The van der Waals surface area contributed by atoms with Crippen molar-refractivity contribution in [3.8, 4) is 0 Å². The van der Waals surface area contributed by atoms with Crippen molar-refractivity contribution in [3.63, 3.8) is 0 Å². The molecule has 0 heterocycles. The number of rotatable bonds is 26. The van der Waals surface area contributed by atoms with Crippen molar-refractivity contribution in [1.29, 1.82) is 0 Å². The number of benzene rings is 2. The van der Waals surface area contributed by atoms with Gasteiger partial charge in [0, 0.05) is 0 Å². The molecule has 0 radical (unpaired) electrons. The first-order valence-electron chi connectivity index (χ1n) is 18.7. The van der Waals surface area contributed by atoms with Gasteiger partial charge in [-0.05, 0) is 84.7 Å². The monoisotopic (exact) mass is 625 g/mol. The molecule has 0 fully saturated rings. The van der Waals surface area contributed by atoms with Gasteiger partial charge in [0.05, 0.1) is 25.2 Å². The minimum absolute atomic E-state index is 0.529. The summed E-state index contributed by atoms with van der Waals surface area (Å²) in [5.41, 5.74) is 2.82. The van der Waals surface area contributed by atoms with Crippen LogP contribution in [0.15, 0.2) is 36.4 Å². The Hall–Kier alpha value is -1.72. The molecule has 0 aliphatic heterocycles. The molecule has 2 rings (SSSR count). The standard InChI is InChI=1S/C41H68O4/c1-5-9-13-17-21-34-25-27-38(36(29-34)23-19-15-11-7-3)41(45,40(31-42,32-43)33-44)39-28-26-35(22-18-14-10-6-2)30-37(39)24-20-16-12-8-4/h25-30,42-45H,5-24,31-33H2,1-4H3. The van der Waals surface area contributed by atoms with Gasteiger partial charge in [0.15, 0.2) is 0 Å². The van der Waals surface area contributed by atoms with E-state index in [4.69, 9.17) is 0 Å².